The highest BCUT2D eigenvalue weighted by atomic mass is 16.5. The maximum atomic E-state index is 5.74. The van der Waals surface area contributed by atoms with Gasteiger partial charge in [-0.2, -0.15) is 0 Å². The molecule has 0 heterocycles. The van der Waals surface area contributed by atoms with Crippen molar-refractivity contribution in [2.75, 3.05) is 25.7 Å². The Kier molecular flexibility index (Phi) is 2.51. The normalized spacial score (nSPS) is 9.77. The van der Waals surface area contributed by atoms with Crippen molar-refractivity contribution in [2.24, 2.45) is 0 Å². The molecular formula is C9H14N2O2. The van der Waals surface area contributed by atoms with Gasteiger partial charge in [-0.1, -0.05) is 0 Å². The van der Waals surface area contributed by atoms with Gasteiger partial charge in [-0.05, 0) is 18.6 Å². The lowest BCUT2D eigenvalue weighted by atomic mass is 10.1. The maximum Gasteiger partial charge on any atom is 0.185 e. The summed E-state index contributed by atoms with van der Waals surface area (Å²) >= 11 is 0. The fraction of sp³-hybridized carbons (Fsp3) is 0.333. The number of hydrogen-bond acceptors (Lipinski definition) is 4. The fourth-order valence-electron chi connectivity index (χ4n) is 1.17. The molecule has 0 saturated carbocycles. The van der Waals surface area contributed by atoms with Crippen molar-refractivity contribution in [1.29, 1.82) is 0 Å². The van der Waals surface area contributed by atoms with Crippen LogP contribution in [0.1, 0.15) is 5.56 Å². The van der Waals surface area contributed by atoms with Crippen LogP contribution < -0.4 is 20.9 Å². The maximum absolute atomic E-state index is 5.74. The van der Waals surface area contributed by atoms with Crippen LogP contribution in [-0.4, -0.2) is 14.2 Å². The molecule has 0 amide bonds. The Balaban J connectivity index is 3.39. The molecule has 1 aromatic rings. The summed E-state index contributed by atoms with van der Waals surface area (Å²) in [5.41, 5.74) is 13.3. The molecule has 0 saturated heterocycles. The van der Waals surface area contributed by atoms with E-state index >= 15 is 0 Å². The first-order chi connectivity index (χ1) is 6.11. The Morgan fingerprint density at radius 3 is 2.15 bits per heavy atom. The van der Waals surface area contributed by atoms with Crippen molar-refractivity contribution in [3.63, 3.8) is 0 Å². The average Bonchev–Trinajstić information content (AvgIpc) is 2.13. The van der Waals surface area contributed by atoms with E-state index in [0.717, 1.165) is 5.56 Å². The SMILES string of the molecule is COc1cc(C)c(N)c(N)c1OC. The zero-order chi connectivity index (χ0) is 10.0. The van der Waals surface area contributed by atoms with Crippen LogP contribution in [0.3, 0.4) is 0 Å². The quantitative estimate of drug-likeness (QED) is 0.674. The van der Waals surface area contributed by atoms with Gasteiger partial charge >= 0.3 is 0 Å². The monoisotopic (exact) mass is 182 g/mol. The Hall–Kier alpha value is -1.58. The van der Waals surface area contributed by atoms with Crippen LogP contribution in [-0.2, 0) is 0 Å². The Bertz CT molecular complexity index is 324. The molecule has 0 aliphatic heterocycles. The number of hydrogen-bond donors (Lipinski definition) is 2. The third-order valence-corrected chi connectivity index (χ3v) is 1.96. The molecule has 13 heavy (non-hydrogen) atoms. The van der Waals surface area contributed by atoms with Gasteiger partial charge in [0.2, 0.25) is 0 Å². The second-order valence-electron chi connectivity index (χ2n) is 2.76. The van der Waals surface area contributed by atoms with E-state index in [0.29, 0.717) is 22.9 Å². The van der Waals surface area contributed by atoms with Gasteiger partial charge in [-0.3, -0.25) is 0 Å². The van der Waals surface area contributed by atoms with Crippen LogP contribution in [0, 0.1) is 6.92 Å². The minimum Gasteiger partial charge on any atom is -0.493 e. The van der Waals surface area contributed by atoms with E-state index in [2.05, 4.69) is 0 Å². The third kappa shape index (κ3) is 1.47. The molecule has 4 nitrogen and oxygen atoms in total. The molecule has 0 unspecified atom stereocenters. The molecule has 0 atom stereocenters. The lowest BCUT2D eigenvalue weighted by molar-refractivity contribution is 0.356. The van der Waals surface area contributed by atoms with E-state index in [4.69, 9.17) is 20.9 Å². The van der Waals surface area contributed by atoms with Gasteiger partial charge in [-0.25, -0.2) is 0 Å². The van der Waals surface area contributed by atoms with Crippen LogP contribution in [0.25, 0.3) is 0 Å². The molecular weight excluding hydrogens is 168 g/mol. The van der Waals surface area contributed by atoms with Crippen molar-refractivity contribution in [3.8, 4) is 11.5 Å². The highest BCUT2D eigenvalue weighted by Crippen LogP contribution is 2.39. The highest BCUT2D eigenvalue weighted by Gasteiger charge is 2.12. The Labute approximate surface area is 77.4 Å². The molecule has 1 rings (SSSR count). The molecule has 0 fully saturated rings. The summed E-state index contributed by atoms with van der Waals surface area (Å²) in [7, 11) is 3.09. The molecule has 72 valence electrons. The van der Waals surface area contributed by atoms with E-state index in [-0.39, 0.29) is 0 Å². The molecule has 4 heteroatoms. The second kappa shape index (κ2) is 3.43. The van der Waals surface area contributed by atoms with E-state index < -0.39 is 0 Å². The van der Waals surface area contributed by atoms with Crippen LogP contribution >= 0.6 is 0 Å². The zero-order valence-corrected chi connectivity index (χ0v) is 8.05. The second-order valence-corrected chi connectivity index (χ2v) is 2.76. The molecule has 0 bridgehead atoms. The molecule has 4 N–H and O–H groups in total. The number of nitrogen functional groups attached to an aromatic ring is 2. The molecule has 0 radical (unpaired) electrons. The van der Waals surface area contributed by atoms with Crippen LogP contribution in [0.15, 0.2) is 6.07 Å². The minimum absolute atomic E-state index is 0.430. The molecule has 0 aliphatic carbocycles. The molecule has 0 aromatic heterocycles. The summed E-state index contributed by atoms with van der Waals surface area (Å²) in [5, 5.41) is 0. The summed E-state index contributed by atoms with van der Waals surface area (Å²) in [6, 6.07) is 1.80. The number of methoxy groups -OCH3 is 2. The van der Waals surface area contributed by atoms with E-state index in [9.17, 15) is 0 Å². The summed E-state index contributed by atoms with van der Waals surface area (Å²) in [4.78, 5) is 0. The van der Waals surface area contributed by atoms with Gasteiger partial charge in [0.1, 0.15) is 5.69 Å². The average molecular weight is 182 g/mol. The lowest BCUT2D eigenvalue weighted by Crippen LogP contribution is -2.02. The standard InChI is InChI=1S/C9H14N2O2/c1-5-4-6(12-2)9(13-3)8(11)7(5)10/h4H,10-11H2,1-3H3. The highest BCUT2D eigenvalue weighted by molar-refractivity contribution is 5.77. The topological polar surface area (TPSA) is 70.5 Å². The molecule has 0 aliphatic rings. The number of aryl methyl sites for hydroxylation is 1. The zero-order valence-electron chi connectivity index (χ0n) is 8.05. The van der Waals surface area contributed by atoms with Crippen molar-refractivity contribution >= 4 is 11.4 Å². The third-order valence-electron chi connectivity index (χ3n) is 1.96. The van der Waals surface area contributed by atoms with Crippen LogP contribution in [0.4, 0.5) is 11.4 Å². The first-order valence-electron chi connectivity index (χ1n) is 3.88. The fourth-order valence-corrected chi connectivity index (χ4v) is 1.17. The van der Waals surface area contributed by atoms with Gasteiger partial charge in [0.05, 0.1) is 19.9 Å². The Morgan fingerprint density at radius 2 is 1.69 bits per heavy atom. The van der Waals surface area contributed by atoms with Gasteiger partial charge in [0.25, 0.3) is 0 Å². The van der Waals surface area contributed by atoms with Gasteiger partial charge in [0.15, 0.2) is 11.5 Å². The van der Waals surface area contributed by atoms with E-state index in [1.54, 1.807) is 13.2 Å². The summed E-state index contributed by atoms with van der Waals surface area (Å²) < 4.78 is 10.2. The predicted octanol–water partition coefficient (Wildman–Crippen LogP) is 1.18. The largest absolute Gasteiger partial charge is 0.493 e. The van der Waals surface area contributed by atoms with Gasteiger partial charge < -0.3 is 20.9 Å². The number of nitrogens with two attached hydrogens (primary N) is 2. The van der Waals surface area contributed by atoms with Crippen molar-refractivity contribution in [3.05, 3.63) is 11.6 Å². The van der Waals surface area contributed by atoms with Crippen molar-refractivity contribution < 1.29 is 9.47 Å². The number of rotatable bonds is 2. The molecule has 1 aromatic carbocycles. The summed E-state index contributed by atoms with van der Waals surface area (Å²) in [5.74, 6) is 1.09. The van der Waals surface area contributed by atoms with Crippen molar-refractivity contribution in [1.82, 2.24) is 0 Å². The van der Waals surface area contributed by atoms with Crippen LogP contribution in [0.5, 0.6) is 11.5 Å². The minimum atomic E-state index is 0.430. The van der Waals surface area contributed by atoms with Gasteiger partial charge in [-0.15, -0.1) is 0 Å². The first-order valence-corrected chi connectivity index (χ1v) is 3.88. The number of ether oxygens (including phenoxy) is 2. The van der Waals surface area contributed by atoms with E-state index in [1.165, 1.54) is 7.11 Å². The van der Waals surface area contributed by atoms with Gasteiger partial charge in [0, 0.05) is 0 Å². The predicted molar refractivity (Wildman–Crippen MR) is 53.1 cm³/mol. The smallest absolute Gasteiger partial charge is 0.185 e. The molecule has 0 spiro atoms. The van der Waals surface area contributed by atoms with Crippen LogP contribution in [0.2, 0.25) is 0 Å². The summed E-state index contributed by atoms with van der Waals surface area (Å²) in [6.45, 7) is 1.87. The number of anilines is 2. The first kappa shape index (κ1) is 9.51. The number of benzene rings is 1. The lowest BCUT2D eigenvalue weighted by Gasteiger charge is -2.13. The summed E-state index contributed by atoms with van der Waals surface area (Å²) in [6.07, 6.45) is 0. The van der Waals surface area contributed by atoms with E-state index in [1.807, 2.05) is 6.92 Å². The Morgan fingerprint density at radius 1 is 1.08 bits per heavy atom. The van der Waals surface area contributed by atoms with Crippen molar-refractivity contribution in [2.45, 2.75) is 6.92 Å².